The van der Waals surface area contributed by atoms with Crippen molar-refractivity contribution in [1.29, 1.82) is 5.26 Å². The van der Waals surface area contributed by atoms with Gasteiger partial charge in [-0.1, -0.05) is 23.9 Å². The zero-order valence-corrected chi connectivity index (χ0v) is 18.6. The first kappa shape index (κ1) is 20.3. The Morgan fingerprint density at radius 1 is 1.26 bits per heavy atom. The van der Waals surface area contributed by atoms with Crippen molar-refractivity contribution >= 4 is 28.6 Å². The summed E-state index contributed by atoms with van der Waals surface area (Å²) in [4.78, 5) is 14.0. The van der Waals surface area contributed by atoms with Crippen molar-refractivity contribution < 1.29 is 14.5 Å². The van der Waals surface area contributed by atoms with Crippen molar-refractivity contribution in [1.82, 2.24) is 9.97 Å². The molecule has 2 aliphatic heterocycles. The summed E-state index contributed by atoms with van der Waals surface area (Å²) in [5.74, 6) is 2.61. The summed E-state index contributed by atoms with van der Waals surface area (Å²) in [6.45, 7) is 7.74. The molecule has 8 heteroatoms. The van der Waals surface area contributed by atoms with Gasteiger partial charge in [-0.15, -0.1) is 0 Å². The quantitative estimate of drug-likeness (QED) is 0.632. The highest BCUT2D eigenvalue weighted by molar-refractivity contribution is 7.98. The number of hydrogen-bond acceptors (Lipinski definition) is 6. The van der Waals surface area contributed by atoms with Crippen LogP contribution in [0.15, 0.2) is 29.3 Å². The van der Waals surface area contributed by atoms with Gasteiger partial charge in [0.2, 0.25) is 0 Å². The van der Waals surface area contributed by atoms with Gasteiger partial charge < -0.3 is 14.5 Å². The van der Waals surface area contributed by atoms with Crippen LogP contribution in [0.1, 0.15) is 36.4 Å². The number of nitrogens with one attached hydrogen (secondary N) is 2. The van der Waals surface area contributed by atoms with E-state index in [0.717, 1.165) is 63.9 Å². The predicted molar refractivity (Wildman–Crippen MR) is 119 cm³/mol. The number of nitriles is 1. The van der Waals surface area contributed by atoms with E-state index in [1.165, 1.54) is 0 Å². The van der Waals surface area contributed by atoms with Crippen molar-refractivity contribution in [2.24, 2.45) is 0 Å². The molecule has 4 heterocycles. The number of imidazole rings is 1. The maximum absolute atomic E-state index is 10.1. The Balaban J connectivity index is 1.52. The van der Waals surface area contributed by atoms with Gasteiger partial charge in [0.05, 0.1) is 47.8 Å². The number of para-hydroxylation sites is 2. The molecule has 0 aliphatic carbocycles. The third-order valence-corrected chi connectivity index (χ3v) is 6.86. The van der Waals surface area contributed by atoms with Gasteiger partial charge in [0.1, 0.15) is 30.5 Å². The van der Waals surface area contributed by atoms with E-state index in [4.69, 9.17) is 9.47 Å². The molecule has 5 rings (SSSR count). The molecule has 0 saturated carbocycles. The minimum Gasteiger partial charge on any atom is -0.373 e. The standard InChI is InChI=1S/C23H25N5O2S/c1-23(2)11-15-16(12-24)22(31-14-20-25-18-5-3-4-6-19(18)26-20)27-21(17(15)13-30-23)28-7-9-29-10-8-28/h3-6H,7-11,13-14H2,1-2H3,(H,25,26)/p+1. The van der Waals surface area contributed by atoms with Crippen molar-refractivity contribution in [3.8, 4) is 6.07 Å². The van der Waals surface area contributed by atoms with Crippen LogP contribution in [0, 0.1) is 11.3 Å². The van der Waals surface area contributed by atoms with Crippen molar-refractivity contribution in [3.05, 3.63) is 46.8 Å². The Labute approximate surface area is 185 Å². The lowest BCUT2D eigenvalue weighted by Crippen LogP contribution is -2.43. The number of aromatic nitrogens is 3. The fourth-order valence-corrected chi connectivity index (χ4v) is 5.17. The third kappa shape index (κ3) is 4.01. The van der Waals surface area contributed by atoms with Crippen molar-refractivity contribution in [2.75, 3.05) is 31.2 Å². The van der Waals surface area contributed by atoms with Crippen LogP contribution in [-0.4, -0.2) is 41.9 Å². The Kier molecular flexibility index (Phi) is 5.34. The number of anilines is 1. The molecule has 31 heavy (non-hydrogen) atoms. The highest BCUT2D eigenvalue weighted by atomic mass is 32.2. The van der Waals surface area contributed by atoms with Crippen LogP contribution in [-0.2, 0) is 28.3 Å². The van der Waals surface area contributed by atoms with E-state index < -0.39 is 0 Å². The Morgan fingerprint density at radius 3 is 2.84 bits per heavy atom. The SMILES string of the molecule is CC1(C)Cc2c(C#N)c(SCc3nc4ccccc4[nH]3)[nH+]c(N3CCOCC3)c2CO1. The average molecular weight is 437 g/mol. The summed E-state index contributed by atoms with van der Waals surface area (Å²) in [5.41, 5.74) is 4.63. The Morgan fingerprint density at radius 2 is 2.06 bits per heavy atom. The van der Waals surface area contributed by atoms with Gasteiger partial charge in [-0.05, 0) is 31.5 Å². The van der Waals surface area contributed by atoms with Crippen LogP contribution >= 0.6 is 11.8 Å². The molecular formula is C23H26N5O2S+. The second-order valence-electron chi connectivity index (χ2n) is 8.56. The largest absolute Gasteiger partial charge is 0.373 e. The third-order valence-electron chi connectivity index (χ3n) is 5.85. The van der Waals surface area contributed by atoms with E-state index in [0.29, 0.717) is 25.6 Å². The first-order chi connectivity index (χ1) is 15.0. The second kappa shape index (κ2) is 8.15. The highest BCUT2D eigenvalue weighted by Crippen LogP contribution is 2.37. The molecule has 7 nitrogen and oxygen atoms in total. The molecule has 2 aliphatic rings. The lowest BCUT2D eigenvalue weighted by atomic mass is 9.89. The summed E-state index contributed by atoms with van der Waals surface area (Å²) < 4.78 is 11.7. The highest BCUT2D eigenvalue weighted by Gasteiger charge is 2.36. The summed E-state index contributed by atoms with van der Waals surface area (Å²) in [6.07, 6.45) is 0.718. The molecule has 0 spiro atoms. The fourth-order valence-electron chi connectivity index (χ4n) is 4.27. The van der Waals surface area contributed by atoms with Crippen LogP contribution in [0.25, 0.3) is 11.0 Å². The first-order valence-electron chi connectivity index (χ1n) is 10.6. The molecule has 0 unspecified atom stereocenters. The molecule has 2 N–H and O–H groups in total. The molecule has 2 aromatic heterocycles. The molecule has 1 saturated heterocycles. The van der Waals surface area contributed by atoms with Gasteiger partial charge in [-0.25, -0.2) is 9.97 Å². The minimum atomic E-state index is -0.289. The van der Waals surface area contributed by atoms with Gasteiger partial charge in [0.15, 0.2) is 5.03 Å². The lowest BCUT2D eigenvalue weighted by Gasteiger charge is -2.34. The number of fused-ring (bicyclic) bond motifs is 2. The Hall–Kier alpha value is -2.60. The van der Waals surface area contributed by atoms with E-state index in [1.807, 2.05) is 24.3 Å². The van der Waals surface area contributed by atoms with Crippen LogP contribution in [0.5, 0.6) is 0 Å². The smallest absolute Gasteiger partial charge is 0.281 e. The van der Waals surface area contributed by atoms with Gasteiger partial charge in [-0.3, -0.25) is 4.90 Å². The maximum atomic E-state index is 10.1. The molecule has 0 radical (unpaired) electrons. The Bertz CT molecular complexity index is 1130. The number of ether oxygens (including phenoxy) is 2. The molecule has 160 valence electrons. The number of nitrogens with zero attached hydrogens (tertiary/aromatic N) is 3. The predicted octanol–water partition coefficient (Wildman–Crippen LogP) is 3.23. The molecule has 0 bridgehead atoms. The number of morpholine rings is 1. The summed E-state index contributed by atoms with van der Waals surface area (Å²) >= 11 is 1.62. The maximum Gasteiger partial charge on any atom is 0.281 e. The number of aromatic amines is 2. The van der Waals surface area contributed by atoms with Crippen molar-refractivity contribution in [2.45, 2.75) is 43.3 Å². The summed E-state index contributed by atoms with van der Waals surface area (Å²) in [6, 6.07) is 10.5. The van der Waals surface area contributed by atoms with Crippen LogP contribution in [0.4, 0.5) is 5.82 Å². The zero-order valence-electron chi connectivity index (χ0n) is 17.8. The van der Waals surface area contributed by atoms with E-state index in [1.54, 1.807) is 11.8 Å². The number of hydrogen-bond donors (Lipinski definition) is 1. The normalized spacial score (nSPS) is 18.0. The molecule has 0 amide bonds. The average Bonchev–Trinajstić information content (AvgIpc) is 3.20. The fraction of sp³-hybridized carbons (Fsp3) is 0.435. The topological polar surface area (TPSA) is 88.3 Å². The van der Waals surface area contributed by atoms with E-state index in [-0.39, 0.29) is 5.60 Å². The monoisotopic (exact) mass is 436 g/mol. The molecule has 1 aromatic carbocycles. The van der Waals surface area contributed by atoms with Crippen molar-refractivity contribution in [3.63, 3.8) is 0 Å². The lowest BCUT2D eigenvalue weighted by molar-refractivity contribution is -0.415. The number of H-pyrrole nitrogens is 2. The van der Waals surface area contributed by atoms with Crippen LogP contribution in [0.2, 0.25) is 0 Å². The second-order valence-corrected chi connectivity index (χ2v) is 9.55. The van der Waals surface area contributed by atoms with E-state index in [9.17, 15) is 5.26 Å². The zero-order chi connectivity index (χ0) is 21.4. The molecular weight excluding hydrogens is 410 g/mol. The first-order valence-corrected chi connectivity index (χ1v) is 11.6. The van der Waals surface area contributed by atoms with E-state index in [2.05, 4.69) is 39.8 Å². The van der Waals surface area contributed by atoms with Crippen LogP contribution in [0.3, 0.4) is 0 Å². The molecule has 3 aromatic rings. The van der Waals surface area contributed by atoms with Gasteiger partial charge in [-0.2, -0.15) is 5.26 Å². The number of thioether (sulfide) groups is 1. The van der Waals surface area contributed by atoms with Gasteiger partial charge in [0, 0.05) is 6.42 Å². The van der Waals surface area contributed by atoms with Gasteiger partial charge >= 0.3 is 0 Å². The minimum absolute atomic E-state index is 0.289. The number of benzene rings is 1. The van der Waals surface area contributed by atoms with Gasteiger partial charge in [0.25, 0.3) is 5.82 Å². The summed E-state index contributed by atoms with van der Waals surface area (Å²) in [5, 5.41) is 11.0. The van der Waals surface area contributed by atoms with Crippen LogP contribution < -0.4 is 9.88 Å². The molecule has 0 atom stereocenters. The number of rotatable bonds is 4. The van der Waals surface area contributed by atoms with E-state index >= 15 is 0 Å². The number of pyridine rings is 1. The molecule has 1 fully saturated rings. The summed E-state index contributed by atoms with van der Waals surface area (Å²) in [7, 11) is 0.